The number of fused-ring (bicyclic) bond motifs is 7. The summed E-state index contributed by atoms with van der Waals surface area (Å²) in [5.74, 6) is 4.64. The zero-order chi connectivity index (χ0) is 89.8. The number of aliphatic hydroxyl groups excluding tert-OH is 1. The Kier molecular flexibility index (Phi) is 40.6. The number of rotatable bonds is 6. The summed E-state index contributed by atoms with van der Waals surface area (Å²) >= 11 is 0. The lowest BCUT2D eigenvalue weighted by atomic mass is 9.80. The number of nitrogens with zero attached hydrogens (tertiary/aromatic N) is 11. The second kappa shape index (κ2) is 50.5. The van der Waals surface area contributed by atoms with Gasteiger partial charge >= 0.3 is 0 Å². The molecule has 5 aromatic carbocycles. The van der Waals surface area contributed by atoms with E-state index in [-0.39, 0.29) is 12.0 Å². The number of β-amino-alcohol motifs (C(OH)–C–C–N with tert-alkyl or cyclic N) is 1. The van der Waals surface area contributed by atoms with Crippen LogP contribution in [-0.2, 0) is 35.5 Å². The Labute approximate surface area is 758 Å². The molecule has 1 amide bonds. The monoisotopic (exact) mass is 1710 g/mol. The molecule has 9 saturated heterocycles. The third kappa shape index (κ3) is 30.5. The predicted octanol–water partition coefficient (Wildman–Crippen LogP) is 19.2. The predicted molar refractivity (Wildman–Crippen MR) is 526 cm³/mol. The van der Waals surface area contributed by atoms with Gasteiger partial charge in [0.05, 0.1) is 30.0 Å². The van der Waals surface area contributed by atoms with E-state index in [0.29, 0.717) is 61.1 Å². The number of H-pyrrole nitrogens is 1. The molecule has 20 rings (SSSR count). The van der Waals surface area contributed by atoms with Crippen LogP contribution in [-0.4, -0.2) is 278 Å². The highest BCUT2D eigenvalue weighted by molar-refractivity contribution is 5.85. The number of allylic oxidation sites excluding steroid dienone is 3. The number of carbonyl (C=O) groups is 1. The van der Waals surface area contributed by atoms with Crippen molar-refractivity contribution in [2.75, 3.05) is 123 Å². The summed E-state index contributed by atoms with van der Waals surface area (Å²) in [6.45, 7) is 35.6. The van der Waals surface area contributed by atoms with Gasteiger partial charge in [-0.05, 0) is 313 Å². The second-order valence-corrected chi connectivity index (χ2v) is 39.8. The van der Waals surface area contributed by atoms with Gasteiger partial charge < -0.3 is 59.2 Å². The molecule has 11 aliphatic heterocycles. The van der Waals surface area contributed by atoms with Crippen molar-refractivity contribution in [3.05, 3.63) is 204 Å². The number of carbonyl (C=O) groups excluding carboxylic acids is 1. The highest BCUT2D eigenvalue weighted by Crippen LogP contribution is 2.39. The minimum Gasteiger partial charge on any atom is -0.489 e. The van der Waals surface area contributed by atoms with Crippen molar-refractivity contribution in [3.8, 4) is 5.75 Å². The Balaban J connectivity index is 0.000000145. The van der Waals surface area contributed by atoms with Crippen molar-refractivity contribution < 1.29 is 19.4 Å². The maximum atomic E-state index is 10.7. The molecule has 2 aliphatic carbocycles. The van der Waals surface area contributed by atoms with Crippen LogP contribution in [0.5, 0.6) is 5.75 Å². The lowest BCUT2D eigenvalue weighted by Gasteiger charge is -2.39. The first-order valence-corrected chi connectivity index (χ1v) is 48.7. The number of likely N-dealkylation sites (tertiary alicyclic amines) is 8. The van der Waals surface area contributed by atoms with Crippen LogP contribution in [0.4, 0.5) is 0 Å². The average Bonchev–Trinajstić information content (AvgIpc) is 1.64. The summed E-state index contributed by atoms with van der Waals surface area (Å²) in [6, 6.07) is 59.1. The number of ether oxygens (including phenoxy) is 2. The largest absolute Gasteiger partial charge is 0.489 e. The minimum atomic E-state index is -0.0741. The van der Waals surface area contributed by atoms with E-state index >= 15 is 0 Å². The Morgan fingerprint density at radius 1 is 0.480 bits per heavy atom. The summed E-state index contributed by atoms with van der Waals surface area (Å²) in [4.78, 5) is 42.3. The summed E-state index contributed by atoms with van der Waals surface area (Å²) in [5, 5.41) is 15.0. The number of likely N-dealkylation sites (N-methyl/N-ethyl adjacent to an activating group) is 5. The summed E-state index contributed by atoms with van der Waals surface area (Å²) < 4.78 is 11.8. The zero-order valence-electron chi connectivity index (χ0n) is 81.5. The Morgan fingerprint density at radius 3 is 1.70 bits per heavy atom. The van der Waals surface area contributed by atoms with E-state index in [1.54, 1.807) is 4.90 Å². The molecule has 7 aromatic rings. The molecule has 3 N–H and O–H groups in total. The maximum absolute atomic E-state index is 10.7. The molecule has 0 spiro atoms. The molecule has 13 aliphatic rings. The topological polar surface area (TPSA) is 129 Å². The first-order valence-electron chi connectivity index (χ1n) is 48.7. The fourth-order valence-electron chi connectivity index (χ4n) is 20.1. The molecule has 690 valence electrons. The van der Waals surface area contributed by atoms with E-state index in [9.17, 15) is 4.79 Å². The molecule has 19 unspecified atom stereocenters. The van der Waals surface area contributed by atoms with Crippen LogP contribution in [0, 0.1) is 17.8 Å². The summed E-state index contributed by atoms with van der Waals surface area (Å²) in [5.41, 5.74) is 10.8. The number of amides is 1. The van der Waals surface area contributed by atoms with Crippen molar-refractivity contribution in [1.82, 2.24) is 64.3 Å². The number of aliphatic hydroxyl groups is 1. The van der Waals surface area contributed by atoms with Crippen LogP contribution in [0.1, 0.15) is 224 Å². The Morgan fingerprint density at radius 2 is 1.11 bits per heavy atom. The number of nitrogens with one attached hydrogen (secondary N) is 2. The van der Waals surface area contributed by atoms with Gasteiger partial charge in [-0.1, -0.05) is 159 Å². The summed E-state index contributed by atoms with van der Waals surface area (Å²) in [7, 11) is 21.6. The number of hydrogen-bond acceptors (Lipinski definition) is 15. The van der Waals surface area contributed by atoms with E-state index in [4.69, 9.17) is 14.6 Å². The van der Waals surface area contributed by atoms with Crippen LogP contribution in [0.15, 0.2) is 170 Å². The van der Waals surface area contributed by atoms with Crippen molar-refractivity contribution >= 4 is 27.7 Å². The fourth-order valence-corrected chi connectivity index (χ4v) is 20.1. The molecule has 10 fully saturated rings. The van der Waals surface area contributed by atoms with Gasteiger partial charge in [0.25, 0.3) is 0 Å². The van der Waals surface area contributed by atoms with Crippen LogP contribution >= 0.6 is 0 Å². The number of benzene rings is 5. The van der Waals surface area contributed by atoms with Gasteiger partial charge in [-0.15, -0.1) is 0 Å². The molecule has 2 aromatic heterocycles. The van der Waals surface area contributed by atoms with E-state index in [1.165, 1.54) is 154 Å². The van der Waals surface area contributed by atoms with Gasteiger partial charge in [0, 0.05) is 160 Å². The van der Waals surface area contributed by atoms with E-state index in [2.05, 4.69) is 307 Å². The van der Waals surface area contributed by atoms with Crippen LogP contribution in [0.25, 0.3) is 21.8 Å². The third-order valence-corrected chi connectivity index (χ3v) is 30.5. The molecule has 0 bridgehead atoms. The molecular formula is C108H169N13O4. The molecule has 17 nitrogen and oxygen atoms in total. The molecule has 17 heteroatoms. The second-order valence-electron chi connectivity index (χ2n) is 39.8. The third-order valence-electron chi connectivity index (χ3n) is 30.5. The van der Waals surface area contributed by atoms with Crippen molar-refractivity contribution in [1.29, 1.82) is 0 Å². The minimum absolute atomic E-state index is 0.0741. The lowest BCUT2D eigenvalue weighted by Crippen LogP contribution is -2.42. The quantitative estimate of drug-likeness (QED) is 0.146. The lowest BCUT2D eigenvalue weighted by molar-refractivity contribution is -0.127. The van der Waals surface area contributed by atoms with Crippen LogP contribution < -0.4 is 10.1 Å². The molecule has 13 heterocycles. The highest BCUT2D eigenvalue weighted by atomic mass is 16.5. The number of aromatic amines is 1. The zero-order valence-corrected chi connectivity index (χ0v) is 81.5. The number of piperidine rings is 2. The Bertz CT molecular complexity index is 4250. The molecule has 1 saturated carbocycles. The first-order chi connectivity index (χ1) is 60.0. The molecule has 19 atom stereocenters. The smallest absolute Gasteiger partial charge is 0.222 e. The number of aromatic nitrogens is 2. The van der Waals surface area contributed by atoms with Gasteiger partial charge in [-0.2, -0.15) is 0 Å². The Hall–Kier alpha value is -6.68. The van der Waals surface area contributed by atoms with Crippen molar-refractivity contribution in [3.63, 3.8) is 0 Å². The van der Waals surface area contributed by atoms with Crippen LogP contribution in [0.3, 0.4) is 0 Å². The highest BCUT2D eigenvalue weighted by Gasteiger charge is 2.38. The van der Waals surface area contributed by atoms with E-state index in [0.717, 1.165) is 136 Å². The average molecular weight is 1710 g/mol. The van der Waals surface area contributed by atoms with Gasteiger partial charge in [-0.3, -0.25) is 24.5 Å². The van der Waals surface area contributed by atoms with Gasteiger partial charge in [-0.25, -0.2) is 0 Å². The molecule has 0 radical (unpaired) electrons. The van der Waals surface area contributed by atoms with Gasteiger partial charge in [0.1, 0.15) is 11.9 Å². The number of para-hydroxylation sites is 3. The number of pyridine rings is 1. The van der Waals surface area contributed by atoms with E-state index < -0.39 is 0 Å². The van der Waals surface area contributed by atoms with Gasteiger partial charge in [0.15, 0.2) is 0 Å². The first kappa shape index (κ1) is 100. The standard InChI is InChI=1S/C15H18N2O.C13H16N2.C12H17NO.C12H17N.C11H17N.C11H15N.C10H19N.C7H15N.C6H13NO.C6H11NO.C5H11N/c1-11-8-14(9-16-11)18-10-13-7-6-12-4-2-3-5-15(12)17-13;1-9-7-11-10-5-3-4-6-12(10)14-13(11)8-15(9)2;1-10-8-12(9-13(10)2)14-11-6-4-3-5-7-11;1-10-12(8-9-13(10)2)11-6-4-3-5-7-11;1-9-7-10-5-3-4-6-11(10)8-12(9)2;1-9-11-6-4-3-5-10(11)7-8-12(9)2;1-8-7-9-5-3-4-6-10(9)11(8)2;1-7-5-3-4-6-8(7)2;1-5-3-6(8)4-7(5)2;1-5-3-4-6(8)7(5)2;1-5-3-4-6(5)2/h2-7,11,14,16H,8-10H2,1H3;3-6,9,14H,7-8H2,1-2H3;3-7,10,12H,8-9H2,1-2H3;3-7,10,12H,8-9H2,1-2H3;3-6,9-11H,7-8H2,1-2H3;3-6,9H,7-8H2,1-2H3;8-10H,3-7H2,1-2H3;7H,3-6H2,1-2H3;5-6,8H,3-4H2,1-2H3;5H,3-4H2,1-2H3;5H,3-4H2,1-2H3. The number of hydrogen-bond donors (Lipinski definition) is 3. The SMILES string of the molecule is CC1C(c2ccccc2)CCN1C.CC1CC(O)CN1C.CC1CC(OCc2ccc3ccccc3n2)CN1.CC1CC(Oc2ccccc2)CN1C.CC1CC2C=CC=CC2CN1C.CC1CC2CCCCC2N1C.CC1CCC(=O)N1C.CC1CCCCN1C.CC1CCN1C.CC1Cc2c([nH]c3ccccc23)CN1C.CC1c2ccccc2CCN1C. The molecular weight excluding hydrogens is 1540 g/mol. The van der Waals surface area contributed by atoms with Crippen LogP contribution in [0.2, 0.25) is 0 Å². The fraction of sp³-hybridized carbons (Fsp3) is 0.630. The van der Waals surface area contributed by atoms with Gasteiger partial charge in [0.2, 0.25) is 5.91 Å². The van der Waals surface area contributed by atoms with Crippen molar-refractivity contribution in [2.24, 2.45) is 17.8 Å². The normalized spacial score (nSPS) is 30.8. The summed E-state index contributed by atoms with van der Waals surface area (Å²) in [6.07, 6.45) is 32.7. The molecule has 125 heavy (non-hydrogen) atoms. The van der Waals surface area contributed by atoms with Crippen molar-refractivity contribution in [2.45, 2.75) is 302 Å². The van der Waals surface area contributed by atoms with E-state index in [1.807, 2.05) is 68.7 Å². The maximum Gasteiger partial charge on any atom is 0.222 e.